The summed E-state index contributed by atoms with van der Waals surface area (Å²) < 4.78 is 32.5. The summed E-state index contributed by atoms with van der Waals surface area (Å²) in [5, 5.41) is 11.4. The van der Waals surface area contributed by atoms with Gasteiger partial charge >= 0.3 is 0 Å². The Morgan fingerprint density at radius 2 is 2.16 bits per heavy atom. The van der Waals surface area contributed by atoms with Gasteiger partial charge in [0.25, 0.3) is 0 Å². The van der Waals surface area contributed by atoms with Crippen LogP contribution in [0.15, 0.2) is 12.1 Å². The van der Waals surface area contributed by atoms with E-state index in [1.165, 1.54) is 12.1 Å². The minimum Gasteiger partial charge on any atom is -0.382 e. The summed E-state index contributed by atoms with van der Waals surface area (Å²) in [6.07, 6.45) is 4.24. The third-order valence-electron chi connectivity index (χ3n) is 3.26. The highest BCUT2D eigenvalue weighted by atomic mass is 19.2. The van der Waals surface area contributed by atoms with Crippen molar-refractivity contribution in [1.29, 1.82) is 5.26 Å². The van der Waals surface area contributed by atoms with Crippen LogP contribution in [0, 0.1) is 23.0 Å². The molecule has 1 atom stereocenters. The van der Waals surface area contributed by atoms with Gasteiger partial charge in [0, 0.05) is 13.2 Å². The van der Waals surface area contributed by atoms with Gasteiger partial charge in [0.15, 0.2) is 11.6 Å². The third-order valence-corrected chi connectivity index (χ3v) is 3.26. The van der Waals surface area contributed by atoms with E-state index in [2.05, 4.69) is 5.32 Å². The Hall–Kier alpha value is -1.67. The molecule has 1 aliphatic rings. The number of hydrogen-bond acceptors (Lipinski definition) is 3. The molecule has 0 amide bonds. The molecule has 0 radical (unpaired) electrons. The molecule has 1 fully saturated rings. The summed E-state index contributed by atoms with van der Waals surface area (Å²) >= 11 is 0. The molecule has 102 valence electrons. The van der Waals surface area contributed by atoms with E-state index < -0.39 is 11.6 Å². The maximum Gasteiger partial charge on any atom is 0.183 e. The fourth-order valence-corrected chi connectivity index (χ4v) is 2.18. The molecule has 2 rings (SSSR count). The molecule has 19 heavy (non-hydrogen) atoms. The first kappa shape index (κ1) is 13.8. The zero-order valence-corrected chi connectivity index (χ0v) is 10.6. The Bertz CT molecular complexity index is 479. The normalized spacial score (nSPS) is 18.9. The lowest BCUT2D eigenvalue weighted by atomic mass is 10.1. The van der Waals surface area contributed by atoms with E-state index in [1.54, 1.807) is 6.07 Å². The van der Waals surface area contributed by atoms with E-state index in [0.717, 1.165) is 32.3 Å². The zero-order chi connectivity index (χ0) is 13.7. The van der Waals surface area contributed by atoms with Crippen molar-refractivity contribution in [2.75, 3.05) is 18.5 Å². The van der Waals surface area contributed by atoms with Crippen molar-refractivity contribution in [2.24, 2.45) is 0 Å². The predicted octanol–water partition coefficient (Wildman–Crippen LogP) is 3.21. The van der Waals surface area contributed by atoms with Crippen LogP contribution in [0.25, 0.3) is 0 Å². The average Bonchev–Trinajstić information content (AvgIpc) is 2.45. The van der Waals surface area contributed by atoms with Crippen molar-refractivity contribution in [3.05, 3.63) is 29.3 Å². The van der Waals surface area contributed by atoms with Gasteiger partial charge in [0.1, 0.15) is 6.07 Å². The van der Waals surface area contributed by atoms with Crippen molar-refractivity contribution in [1.82, 2.24) is 0 Å². The van der Waals surface area contributed by atoms with E-state index in [-0.39, 0.29) is 17.4 Å². The molecule has 0 aliphatic carbocycles. The van der Waals surface area contributed by atoms with E-state index in [4.69, 9.17) is 10.00 Å². The molecular formula is C14H16F2N2O. The topological polar surface area (TPSA) is 45.0 Å². The first-order chi connectivity index (χ1) is 9.22. The maximum atomic E-state index is 13.6. The second-order valence-electron chi connectivity index (χ2n) is 4.60. The second kappa shape index (κ2) is 6.48. The Labute approximate surface area is 111 Å². The van der Waals surface area contributed by atoms with Gasteiger partial charge in [-0.2, -0.15) is 5.26 Å². The molecule has 1 aromatic carbocycles. The maximum absolute atomic E-state index is 13.6. The average molecular weight is 266 g/mol. The number of nitrogens with zero attached hydrogens (tertiary/aromatic N) is 1. The predicted molar refractivity (Wildman–Crippen MR) is 67.8 cm³/mol. The summed E-state index contributed by atoms with van der Waals surface area (Å²) in [5.74, 6) is -2.09. The highest BCUT2D eigenvalue weighted by Crippen LogP contribution is 2.21. The van der Waals surface area contributed by atoms with Crippen LogP contribution in [0.1, 0.15) is 31.2 Å². The Morgan fingerprint density at radius 3 is 2.84 bits per heavy atom. The molecule has 1 saturated heterocycles. The summed E-state index contributed by atoms with van der Waals surface area (Å²) in [4.78, 5) is 0. The first-order valence-electron chi connectivity index (χ1n) is 6.46. The van der Waals surface area contributed by atoms with Gasteiger partial charge in [-0.1, -0.05) is 0 Å². The first-order valence-corrected chi connectivity index (χ1v) is 6.46. The Balaban J connectivity index is 1.89. The minimum absolute atomic E-state index is 0.0901. The van der Waals surface area contributed by atoms with Gasteiger partial charge in [-0.05, 0) is 37.8 Å². The summed E-state index contributed by atoms with van der Waals surface area (Å²) in [5.41, 5.74) is -0.189. The van der Waals surface area contributed by atoms with Gasteiger partial charge in [-0.15, -0.1) is 0 Å². The molecular weight excluding hydrogens is 250 g/mol. The minimum atomic E-state index is -1.10. The van der Waals surface area contributed by atoms with Crippen LogP contribution >= 0.6 is 0 Å². The van der Waals surface area contributed by atoms with Gasteiger partial charge in [0.2, 0.25) is 0 Å². The van der Waals surface area contributed by atoms with Crippen molar-refractivity contribution in [2.45, 2.75) is 31.8 Å². The Kier molecular flexibility index (Phi) is 4.69. The van der Waals surface area contributed by atoms with Gasteiger partial charge in [-0.3, -0.25) is 0 Å². The van der Waals surface area contributed by atoms with E-state index >= 15 is 0 Å². The van der Waals surface area contributed by atoms with Gasteiger partial charge in [-0.25, -0.2) is 8.78 Å². The summed E-state index contributed by atoms with van der Waals surface area (Å²) in [7, 11) is 0. The van der Waals surface area contributed by atoms with E-state index in [0.29, 0.717) is 6.54 Å². The van der Waals surface area contributed by atoms with Crippen molar-refractivity contribution < 1.29 is 13.5 Å². The van der Waals surface area contributed by atoms with E-state index in [1.807, 2.05) is 0 Å². The zero-order valence-electron chi connectivity index (χ0n) is 10.6. The number of benzene rings is 1. The van der Waals surface area contributed by atoms with Crippen molar-refractivity contribution in [3.8, 4) is 6.07 Å². The molecule has 1 unspecified atom stereocenters. The number of hydrogen-bond donors (Lipinski definition) is 1. The number of halogens is 2. The van der Waals surface area contributed by atoms with Gasteiger partial charge < -0.3 is 10.1 Å². The van der Waals surface area contributed by atoms with Crippen LogP contribution in [0.5, 0.6) is 0 Å². The highest BCUT2D eigenvalue weighted by molar-refractivity contribution is 5.49. The van der Waals surface area contributed by atoms with Crippen LogP contribution in [0.2, 0.25) is 0 Å². The molecule has 1 heterocycles. The lowest BCUT2D eigenvalue weighted by molar-refractivity contribution is 0.0134. The van der Waals surface area contributed by atoms with E-state index in [9.17, 15) is 8.78 Å². The van der Waals surface area contributed by atoms with Crippen LogP contribution in [0.4, 0.5) is 14.5 Å². The summed E-state index contributed by atoms with van der Waals surface area (Å²) in [6, 6.07) is 4.27. The molecule has 1 N–H and O–H groups in total. The monoisotopic (exact) mass is 266 g/mol. The van der Waals surface area contributed by atoms with Crippen molar-refractivity contribution >= 4 is 5.69 Å². The molecule has 0 bridgehead atoms. The van der Waals surface area contributed by atoms with Crippen LogP contribution < -0.4 is 5.32 Å². The fourth-order valence-electron chi connectivity index (χ4n) is 2.18. The lowest BCUT2D eigenvalue weighted by Crippen LogP contribution is -2.22. The molecule has 5 heteroatoms. The van der Waals surface area contributed by atoms with Crippen LogP contribution in [-0.2, 0) is 4.74 Å². The third kappa shape index (κ3) is 3.42. The SMILES string of the molecule is N#Cc1ccc(NCCC2CCCCO2)c(F)c1F. The van der Waals surface area contributed by atoms with Crippen molar-refractivity contribution in [3.63, 3.8) is 0 Å². The largest absolute Gasteiger partial charge is 0.382 e. The molecule has 0 spiro atoms. The standard InChI is InChI=1S/C14H16F2N2O/c15-13-10(9-17)4-5-12(14(13)16)18-7-6-11-3-1-2-8-19-11/h4-5,11,18H,1-3,6-8H2. The second-order valence-corrected chi connectivity index (χ2v) is 4.60. The number of ether oxygens (including phenoxy) is 1. The molecule has 1 aliphatic heterocycles. The lowest BCUT2D eigenvalue weighted by Gasteiger charge is -2.22. The fraction of sp³-hybridized carbons (Fsp3) is 0.500. The molecule has 0 saturated carbocycles. The number of nitriles is 1. The quantitative estimate of drug-likeness (QED) is 0.910. The molecule has 3 nitrogen and oxygen atoms in total. The van der Waals surface area contributed by atoms with Gasteiger partial charge in [0.05, 0.1) is 17.4 Å². The number of nitrogens with one attached hydrogen (secondary N) is 1. The van der Waals surface area contributed by atoms with Crippen LogP contribution in [0.3, 0.4) is 0 Å². The number of anilines is 1. The Morgan fingerprint density at radius 1 is 1.32 bits per heavy atom. The summed E-state index contributed by atoms with van der Waals surface area (Å²) in [6.45, 7) is 1.30. The highest BCUT2D eigenvalue weighted by Gasteiger charge is 2.15. The molecule has 1 aromatic rings. The molecule has 0 aromatic heterocycles. The number of rotatable bonds is 4. The van der Waals surface area contributed by atoms with Crippen LogP contribution in [-0.4, -0.2) is 19.3 Å². The smallest absolute Gasteiger partial charge is 0.183 e.